The van der Waals surface area contributed by atoms with Gasteiger partial charge in [-0.05, 0) is 42.5 Å². The molecule has 0 saturated carbocycles. The summed E-state index contributed by atoms with van der Waals surface area (Å²) >= 11 is 0. The van der Waals surface area contributed by atoms with Gasteiger partial charge < -0.3 is 5.32 Å². The zero-order valence-corrected chi connectivity index (χ0v) is 15.7. The minimum absolute atomic E-state index is 0.0266. The van der Waals surface area contributed by atoms with Crippen molar-refractivity contribution in [1.82, 2.24) is 25.0 Å². The average Bonchev–Trinajstić information content (AvgIpc) is 3.32. The summed E-state index contributed by atoms with van der Waals surface area (Å²) in [5.41, 5.74) is 4.93. The highest BCUT2D eigenvalue weighted by atomic mass is 16.2. The van der Waals surface area contributed by atoms with Gasteiger partial charge in [0.15, 0.2) is 5.82 Å². The predicted octanol–water partition coefficient (Wildman–Crippen LogP) is 2.78. The Morgan fingerprint density at radius 3 is 2.64 bits per heavy atom. The Hall–Kier alpha value is -2.99. The molecule has 0 unspecified atom stereocenters. The lowest BCUT2D eigenvalue weighted by Crippen LogP contribution is -2.37. The molecule has 142 valence electrons. The number of benzene rings is 1. The molecule has 3 heterocycles. The lowest BCUT2D eigenvalue weighted by molar-refractivity contribution is -0.123. The fourth-order valence-corrected chi connectivity index (χ4v) is 4.34. The summed E-state index contributed by atoms with van der Waals surface area (Å²) < 4.78 is 1.91. The number of rotatable bonds is 4. The first-order chi connectivity index (χ1) is 13.8. The van der Waals surface area contributed by atoms with Crippen LogP contribution < -0.4 is 5.32 Å². The molecular weight excluding hydrogens is 350 g/mol. The second kappa shape index (κ2) is 7.20. The van der Waals surface area contributed by atoms with E-state index in [0.29, 0.717) is 6.54 Å². The van der Waals surface area contributed by atoms with Gasteiger partial charge in [0.25, 0.3) is 0 Å². The summed E-state index contributed by atoms with van der Waals surface area (Å²) in [6, 6.07) is 14.3. The van der Waals surface area contributed by atoms with Gasteiger partial charge in [0.1, 0.15) is 0 Å². The third-order valence-electron chi connectivity index (χ3n) is 5.66. The molecule has 0 spiro atoms. The van der Waals surface area contributed by atoms with E-state index >= 15 is 0 Å². The maximum Gasteiger partial charge on any atom is 0.234 e. The lowest BCUT2D eigenvalue weighted by atomic mass is 9.93. The van der Waals surface area contributed by atoms with Gasteiger partial charge in [-0.25, -0.2) is 9.67 Å². The molecule has 1 aliphatic heterocycles. The number of hydrogen-bond donors (Lipinski definition) is 1. The largest absolute Gasteiger partial charge is 0.348 e. The van der Waals surface area contributed by atoms with Crippen LogP contribution in [-0.2, 0) is 24.3 Å². The molecule has 2 aliphatic rings. The van der Waals surface area contributed by atoms with Gasteiger partial charge in [-0.2, -0.15) is 5.10 Å². The van der Waals surface area contributed by atoms with Crippen molar-refractivity contribution in [1.29, 1.82) is 0 Å². The Morgan fingerprint density at radius 1 is 1.11 bits per heavy atom. The van der Waals surface area contributed by atoms with E-state index in [1.165, 1.54) is 11.1 Å². The van der Waals surface area contributed by atoms with Gasteiger partial charge in [0.05, 0.1) is 24.5 Å². The molecule has 0 bridgehead atoms. The van der Waals surface area contributed by atoms with Gasteiger partial charge in [-0.1, -0.05) is 30.3 Å². The Bertz CT molecular complexity index is 972. The fourth-order valence-electron chi connectivity index (χ4n) is 4.34. The molecule has 0 fully saturated rings. The number of amides is 1. The Labute approximate surface area is 164 Å². The van der Waals surface area contributed by atoms with Crippen LogP contribution in [0.2, 0.25) is 0 Å². The molecule has 28 heavy (non-hydrogen) atoms. The zero-order chi connectivity index (χ0) is 18.9. The smallest absolute Gasteiger partial charge is 0.234 e. The number of fused-ring (bicyclic) bond motifs is 2. The molecule has 0 radical (unpaired) electrons. The molecule has 5 rings (SSSR count). The van der Waals surface area contributed by atoms with Crippen LogP contribution in [0.4, 0.5) is 0 Å². The van der Waals surface area contributed by atoms with Crippen molar-refractivity contribution in [3.05, 3.63) is 77.2 Å². The quantitative estimate of drug-likeness (QED) is 0.764. The van der Waals surface area contributed by atoms with Crippen molar-refractivity contribution in [2.45, 2.75) is 38.4 Å². The van der Waals surface area contributed by atoms with Crippen LogP contribution in [0.1, 0.15) is 41.3 Å². The summed E-state index contributed by atoms with van der Waals surface area (Å²) in [6.45, 7) is 2.11. The summed E-state index contributed by atoms with van der Waals surface area (Å²) in [7, 11) is 0. The molecule has 1 aromatic carbocycles. The monoisotopic (exact) mass is 373 g/mol. The highest BCUT2D eigenvalue weighted by Gasteiger charge is 2.27. The summed E-state index contributed by atoms with van der Waals surface area (Å²) in [5, 5.41) is 7.79. The second-order valence-electron chi connectivity index (χ2n) is 7.57. The van der Waals surface area contributed by atoms with E-state index in [1.807, 2.05) is 29.1 Å². The summed E-state index contributed by atoms with van der Waals surface area (Å²) in [5.74, 6) is 0.904. The average molecular weight is 373 g/mol. The van der Waals surface area contributed by atoms with Crippen molar-refractivity contribution >= 4 is 5.91 Å². The standard InChI is InChI=1S/C22H23N5O/c28-22(15-26-13-16-6-1-2-7-17(16)14-26)25-19-8-5-9-20-18(19)12-24-27(20)21-10-3-4-11-23-21/h1-4,6-7,10-12,19H,5,8-9,13-15H2,(H,25,28)/t19-/m1/s1. The number of nitrogens with zero attached hydrogens (tertiary/aromatic N) is 4. The summed E-state index contributed by atoms with van der Waals surface area (Å²) in [4.78, 5) is 19.3. The van der Waals surface area contributed by atoms with Crippen LogP contribution in [0, 0.1) is 0 Å². The fraction of sp³-hybridized carbons (Fsp3) is 0.318. The predicted molar refractivity (Wildman–Crippen MR) is 106 cm³/mol. The number of carbonyl (C=O) groups excluding carboxylic acids is 1. The van der Waals surface area contributed by atoms with Gasteiger partial charge in [-0.3, -0.25) is 9.69 Å². The number of pyridine rings is 1. The van der Waals surface area contributed by atoms with Crippen LogP contribution in [0.5, 0.6) is 0 Å². The third-order valence-corrected chi connectivity index (χ3v) is 5.66. The van der Waals surface area contributed by atoms with Crippen molar-refractivity contribution in [2.75, 3.05) is 6.54 Å². The highest BCUT2D eigenvalue weighted by Crippen LogP contribution is 2.31. The molecule has 0 saturated heterocycles. The number of aromatic nitrogens is 3. The SMILES string of the molecule is O=C(CN1Cc2ccccc2C1)N[C@@H]1CCCc2c1cnn2-c1ccccn1. The van der Waals surface area contributed by atoms with Gasteiger partial charge >= 0.3 is 0 Å². The third kappa shape index (κ3) is 3.20. The first-order valence-corrected chi connectivity index (χ1v) is 9.84. The molecule has 1 amide bonds. The molecule has 3 aromatic rings. The summed E-state index contributed by atoms with van der Waals surface area (Å²) in [6.07, 6.45) is 6.61. The number of hydrogen-bond acceptors (Lipinski definition) is 4. The van der Waals surface area contributed by atoms with Crippen molar-refractivity contribution in [3.8, 4) is 5.82 Å². The van der Waals surface area contributed by atoms with Crippen molar-refractivity contribution in [2.24, 2.45) is 0 Å². The van der Waals surface area contributed by atoms with Crippen LogP contribution in [0.3, 0.4) is 0 Å². The first-order valence-electron chi connectivity index (χ1n) is 9.84. The minimum atomic E-state index is 0.0266. The Morgan fingerprint density at radius 2 is 1.89 bits per heavy atom. The molecule has 2 aromatic heterocycles. The minimum Gasteiger partial charge on any atom is -0.348 e. The van der Waals surface area contributed by atoms with Crippen LogP contribution in [0.25, 0.3) is 5.82 Å². The maximum atomic E-state index is 12.7. The maximum absolute atomic E-state index is 12.7. The first kappa shape index (κ1) is 17.1. The Balaban J connectivity index is 1.27. The van der Waals surface area contributed by atoms with E-state index in [2.05, 4.69) is 44.6 Å². The van der Waals surface area contributed by atoms with Gasteiger partial charge in [-0.15, -0.1) is 0 Å². The van der Waals surface area contributed by atoms with E-state index in [-0.39, 0.29) is 11.9 Å². The lowest BCUT2D eigenvalue weighted by Gasteiger charge is -2.25. The number of carbonyl (C=O) groups is 1. The van der Waals surface area contributed by atoms with Crippen molar-refractivity contribution < 1.29 is 4.79 Å². The van der Waals surface area contributed by atoms with E-state index < -0.39 is 0 Å². The van der Waals surface area contributed by atoms with Gasteiger partial charge in [0.2, 0.25) is 5.91 Å². The van der Waals surface area contributed by atoms with E-state index in [9.17, 15) is 4.79 Å². The molecule has 1 aliphatic carbocycles. The van der Waals surface area contributed by atoms with Gasteiger partial charge in [0, 0.05) is 24.8 Å². The highest BCUT2D eigenvalue weighted by molar-refractivity contribution is 5.78. The Kier molecular flexibility index (Phi) is 4.41. The van der Waals surface area contributed by atoms with E-state index in [1.54, 1.807) is 6.20 Å². The van der Waals surface area contributed by atoms with Crippen LogP contribution >= 0.6 is 0 Å². The van der Waals surface area contributed by atoms with E-state index in [0.717, 1.165) is 49.4 Å². The molecule has 6 nitrogen and oxygen atoms in total. The van der Waals surface area contributed by atoms with Crippen molar-refractivity contribution in [3.63, 3.8) is 0 Å². The number of nitrogens with one attached hydrogen (secondary N) is 1. The molecule has 1 atom stereocenters. The molecule has 6 heteroatoms. The second-order valence-corrected chi connectivity index (χ2v) is 7.57. The molecule has 1 N–H and O–H groups in total. The molecular formula is C22H23N5O. The van der Waals surface area contributed by atoms with Crippen LogP contribution in [-0.4, -0.2) is 32.1 Å². The topological polar surface area (TPSA) is 63.1 Å². The zero-order valence-electron chi connectivity index (χ0n) is 15.7. The normalized spacial score (nSPS) is 18.5. The van der Waals surface area contributed by atoms with Crippen LogP contribution in [0.15, 0.2) is 54.9 Å². The van der Waals surface area contributed by atoms with E-state index in [4.69, 9.17) is 0 Å².